The second-order valence-electron chi connectivity index (χ2n) is 13.9. The highest BCUT2D eigenvalue weighted by Gasteiger charge is 2.37. The first-order valence-electron chi connectivity index (χ1n) is 18.0. The van der Waals surface area contributed by atoms with Crippen molar-refractivity contribution in [1.82, 2.24) is 20.1 Å². The number of benzene rings is 1. The molecule has 0 saturated carbocycles. The van der Waals surface area contributed by atoms with E-state index < -0.39 is 0 Å². The lowest BCUT2D eigenvalue weighted by Gasteiger charge is -2.39. The van der Waals surface area contributed by atoms with Crippen molar-refractivity contribution in [3.8, 4) is 0 Å². The van der Waals surface area contributed by atoms with E-state index in [4.69, 9.17) is 4.98 Å². The highest BCUT2D eigenvalue weighted by molar-refractivity contribution is 7.09. The number of carbonyl (C=O) groups is 3. The molecule has 2 heterocycles. The maximum absolute atomic E-state index is 14.4. The highest BCUT2D eigenvalue weighted by atomic mass is 32.1. The zero-order valence-electron chi connectivity index (χ0n) is 29.7. The highest BCUT2D eigenvalue weighted by Crippen LogP contribution is 2.29. The quantitative estimate of drug-likeness (QED) is 0.153. The first-order valence-corrected chi connectivity index (χ1v) is 18.9. The number of nitrogens with zero attached hydrogens (tertiary/aromatic N) is 3. The number of aromatic nitrogens is 1. The van der Waals surface area contributed by atoms with E-state index in [1.807, 2.05) is 30.6 Å². The van der Waals surface area contributed by atoms with Crippen LogP contribution in [0.1, 0.15) is 121 Å². The fourth-order valence-corrected chi connectivity index (χ4v) is 7.71. The number of piperidine rings is 1. The van der Waals surface area contributed by atoms with Crippen LogP contribution in [-0.2, 0) is 22.4 Å². The van der Waals surface area contributed by atoms with Crippen LogP contribution in [0.15, 0.2) is 35.7 Å². The molecule has 270 valence electrons. The molecule has 2 N–H and O–H groups in total. The van der Waals surface area contributed by atoms with Crippen molar-refractivity contribution < 1.29 is 19.5 Å². The van der Waals surface area contributed by atoms with Crippen LogP contribution in [0.3, 0.4) is 0 Å². The van der Waals surface area contributed by atoms with Crippen molar-refractivity contribution in [1.29, 1.82) is 0 Å². The minimum Gasteiger partial charge on any atom is -0.396 e. The molecule has 0 radical (unpaired) electrons. The third-order valence-corrected chi connectivity index (χ3v) is 10.8. The molecule has 1 saturated heterocycles. The molecule has 2 amide bonds. The summed E-state index contributed by atoms with van der Waals surface area (Å²) in [7, 11) is 2.04. The Kier molecular flexibility index (Phi) is 18.6. The van der Waals surface area contributed by atoms with Crippen LogP contribution in [0, 0.1) is 17.8 Å². The van der Waals surface area contributed by atoms with E-state index >= 15 is 0 Å². The molecule has 5 atom stereocenters. The van der Waals surface area contributed by atoms with Crippen molar-refractivity contribution in [3.63, 3.8) is 0 Å². The predicted molar refractivity (Wildman–Crippen MR) is 198 cm³/mol. The van der Waals surface area contributed by atoms with Crippen LogP contribution >= 0.6 is 11.3 Å². The number of thiazole rings is 1. The van der Waals surface area contributed by atoms with Crippen LogP contribution < -0.4 is 5.32 Å². The second-order valence-corrected chi connectivity index (χ2v) is 14.8. The van der Waals surface area contributed by atoms with Gasteiger partial charge < -0.3 is 15.3 Å². The third kappa shape index (κ3) is 12.4. The molecule has 1 aliphatic rings. The van der Waals surface area contributed by atoms with E-state index in [0.717, 1.165) is 55.6 Å². The van der Waals surface area contributed by atoms with Crippen molar-refractivity contribution >= 4 is 28.9 Å². The number of hydrogen-bond donors (Lipinski definition) is 2. The summed E-state index contributed by atoms with van der Waals surface area (Å²) >= 11 is 1.49. The van der Waals surface area contributed by atoms with Gasteiger partial charge in [0.25, 0.3) is 5.91 Å². The molecular weight excluding hydrogens is 621 g/mol. The topological polar surface area (TPSA) is 103 Å². The Morgan fingerprint density at radius 2 is 1.83 bits per heavy atom. The molecule has 2 unspecified atom stereocenters. The molecule has 0 aliphatic carbocycles. The molecule has 1 aromatic heterocycles. The smallest absolute Gasteiger partial charge is 0.270 e. The average Bonchev–Trinajstić information content (AvgIpc) is 3.54. The third-order valence-electron chi connectivity index (χ3n) is 9.94. The van der Waals surface area contributed by atoms with E-state index in [9.17, 15) is 19.5 Å². The zero-order chi connectivity index (χ0) is 34.3. The fourth-order valence-electron chi connectivity index (χ4n) is 6.92. The number of aliphatic hydroxyl groups excluding tert-OH is 1. The summed E-state index contributed by atoms with van der Waals surface area (Å²) < 4.78 is 0. The summed E-state index contributed by atoms with van der Waals surface area (Å²) in [6.45, 7) is 12.4. The minimum atomic E-state index is -0.319. The maximum atomic E-state index is 14.4. The van der Waals surface area contributed by atoms with Crippen LogP contribution in [0.5, 0.6) is 0 Å². The van der Waals surface area contributed by atoms with Gasteiger partial charge in [-0.15, -0.1) is 11.3 Å². The summed E-state index contributed by atoms with van der Waals surface area (Å²) in [5, 5.41) is 15.2. The van der Waals surface area contributed by atoms with Gasteiger partial charge in [0.05, 0.1) is 11.0 Å². The lowest BCUT2D eigenvalue weighted by molar-refractivity contribution is -0.144. The fraction of sp³-hybridized carbons (Fsp3) is 0.692. The van der Waals surface area contributed by atoms with Crippen LogP contribution in [0.2, 0.25) is 0 Å². The molecule has 1 fully saturated rings. The normalized spacial score (nSPS) is 17.6. The van der Waals surface area contributed by atoms with E-state index in [1.54, 1.807) is 0 Å². The van der Waals surface area contributed by atoms with Gasteiger partial charge in [0.2, 0.25) is 5.91 Å². The van der Waals surface area contributed by atoms with Crippen LogP contribution in [0.4, 0.5) is 0 Å². The number of rotatable bonds is 20. The molecule has 0 spiro atoms. The number of aliphatic hydroxyl groups is 1. The number of amides is 2. The Labute approximate surface area is 295 Å². The largest absolute Gasteiger partial charge is 0.396 e. The average molecular weight is 685 g/mol. The Morgan fingerprint density at radius 3 is 2.46 bits per heavy atom. The summed E-state index contributed by atoms with van der Waals surface area (Å²) in [5.74, 6) is 0.157. The van der Waals surface area contributed by atoms with Crippen LogP contribution in [-0.4, -0.2) is 82.4 Å². The van der Waals surface area contributed by atoms with Gasteiger partial charge in [-0.25, -0.2) is 4.98 Å². The monoisotopic (exact) mass is 684 g/mol. The van der Waals surface area contributed by atoms with Gasteiger partial charge in [0.1, 0.15) is 5.69 Å². The van der Waals surface area contributed by atoms with Gasteiger partial charge in [0.15, 0.2) is 5.78 Å². The SMILES string of the molecule is C.CCCN(C(=O)C(CC(=O)C1CCCCN1C)[C@@H](C)CC)[C@H](CCc1nc(C(=O)N[C@H](CCCO)Cc2ccccc2)cs1)C(C)C. The molecule has 9 heteroatoms. The van der Waals surface area contributed by atoms with Crippen molar-refractivity contribution in [2.24, 2.45) is 17.8 Å². The van der Waals surface area contributed by atoms with Crippen molar-refractivity contribution in [3.05, 3.63) is 52.0 Å². The van der Waals surface area contributed by atoms with E-state index in [-0.39, 0.29) is 67.5 Å². The Hall–Kier alpha value is -2.62. The van der Waals surface area contributed by atoms with Crippen molar-refractivity contribution in [2.45, 2.75) is 131 Å². The van der Waals surface area contributed by atoms with Gasteiger partial charge in [-0.1, -0.05) is 85.2 Å². The number of hydrogen-bond acceptors (Lipinski definition) is 7. The molecule has 3 rings (SSSR count). The standard InChI is InChI=1S/C38H60N4O4S.CH4/c1-7-21-42(38(46)31(28(5)8-2)25-35(44)34-18-12-13-22-41(34)6)33(27(3)4)19-20-36-40-32(26-47-36)37(45)39-30(17-14-23-43)24-29-15-10-9-11-16-29;/h9-11,15-16,26-28,30-31,33-34,43H,7-8,12-14,17-25H2,1-6H3,(H,39,45);1H4/t28-,30+,31?,33+,34?;/m0./s1. The summed E-state index contributed by atoms with van der Waals surface area (Å²) in [4.78, 5) is 50.1. The lowest BCUT2D eigenvalue weighted by atomic mass is 9.82. The molecule has 8 nitrogen and oxygen atoms in total. The first-order chi connectivity index (χ1) is 22.6. The Morgan fingerprint density at radius 1 is 1.10 bits per heavy atom. The van der Waals surface area contributed by atoms with Gasteiger partial charge in [0, 0.05) is 49.4 Å². The van der Waals surface area contributed by atoms with E-state index in [0.29, 0.717) is 44.3 Å². The van der Waals surface area contributed by atoms with Gasteiger partial charge in [-0.05, 0) is 75.9 Å². The molecule has 1 aromatic carbocycles. The van der Waals surface area contributed by atoms with Crippen LogP contribution in [0.25, 0.3) is 0 Å². The summed E-state index contributed by atoms with van der Waals surface area (Å²) in [6.07, 6.45) is 8.51. The van der Waals surface area contributed by atoms with Crippen molar-refractivity contribution in [2.75, 3.05) is 26.7 Å². The molecule has 0 bridgehead atoms. The number of nitrogens with one attached hydrogen (secondary N) is 1. The zero-order valence-corrected chi connectivity index (χ0v) is 30.6. The number of Topliss-reactive ketones (excluding diaryl/α,β-unsaturated/α-hetero) is 1. The summed E-state index contributed by atoms with van der Waals surface area (Å²) in [5.41, 5.74) is 1.56. The maximum Gasteiger partial charge on any atom is 0.270 e. The number of likely N-dealkylation sites (tertiary alicyclic amines) is 1. The predicted octanol–water partition coefficient (Wildman–Crippen LogP) is 7.19. The number of carbonyl (C=O) groups excluding carboxylic acids is 3. The molecule has 48 heavy (non-hydrogen) atoms. The van der Waals surface area contributed by atoms with Gasteiger partial charge in [-0.3, -0.25) is 19.3 Å². The number of ketones is 1. The van der Waals surface area contributed by atoms with Gasteiger partial charge in [-0.2, -0.15) is 0 Å². The number of likely N-dealkylation sites (N-methyl/N-ethyl adjacent to an activating group) is 1. The number of aryl methyl sites for hydroxylation is 1. The second kappa shape index (κ2) is 21.5. The first kappa shape index (κ1) is 41.6. The Balaban J connectivity index is 0.00000800. The molecular formula is C39H64N4O4S. The lowest BCUT2D eigenvalue weighted by Crippen LogP contribution is -2.49. The minimum absolute atomic E-state index is 0. The Bertz CT molecular complexity index is 1240. The molecule has 2 aromatic rings. The molecule has 1 aliphatic heterocycles. The van der Waals surface area contributed by atoms with E-state index in [2.05, 4.69) is 61.9 Å². The van der Waals surface area contributed by atoms with E-state index in [1.165, 1.54) is 11.3 Å². The summed E-state index contributed by atoms with van der Waals surface area (Å²) in [6, 6.07) is 9.90. The van der Waals surface area contributed by atoms with Gasteiger partial charge >= 0.3 is 0 Å².